The first kappa shape index (κ1) is 18.3. The van der Waals surface area contributed by atoms with Gasteiger partial charge in [-0.05, 0) is 43.0 Å². The molecule has 1 saturated heterocycles. The number of para-hydroxylation sites is 1. The van der Waals surface area contributed by atoms with Crippen LogP contribution >= 0.6 is 0 Å². The molecule has 0 aliphatic carbocycles. The Balaban J connectivity index is 1.62. The van der Waals surface area contributed by atoms with E-state index in [0.29, 0.717) is 5.69 Å². The molecule has 1 fully saturated rings. The molecule has 26 heavy (non-hydrogen) atoms. The smallest absolute Gasteiger partial charge is 0.250 e. The van der Waals surface area contributed by atoms with Crippen LogP contribution in [-0.4, -0.2) is 36.5 Å². The fraction of sp³-hybridized carbons (Fsp3) is 0.318. The SMILES string of the molecule is C=CC(=O)N(c1ccccc1F)C1CCN(CCc2ccccc2)CC1. The fourth-order valence-electron chi connectivity index (χ4n) is 3.57. The largest absolute Gasteiger partial charge is 0.303 e. The van der Waals surface area contributed by atoms with E-state index in [1.807, 2.05) is 6.07 Å². The van der Waals surface area contributed by atoms with Crippen molar-refractivity contribution in [2.75, 3.05) is 24.5 Å². The molecule has 3 nitrogen and oxygen atoms in total. The molecule has 0 unspecified atom stereocenters. The average molecular weight is 352 g/mol. The molecule has 0 spiro atoms. The summed E-state index contributed by atoms with van der Waals surface area (Å²) in [5.41, 5.74) is 1.68. The summed E-state index contributed by atoms with van der Waals surface area (Å²) in [5, 5.41) is 0. The topological polar surface area (TPSA) is 23.6 Å². The monoisotopic (exact) mass is 352 g/mol. The van der Waals surface area contributed by atoms with Crippen molar-refractivity contribution in [2.24, 2.45) is 0 Å². The van der Waals surface area contributed by atoms with Gasteiger partial charge in [-0.1, -0.05) is 49.0 Å². The first-order chi connectivity index (χ1) is 12.7. The second kappa shape index (κ2) is 8.77. The van der Waals surface area contributed by atoms with Crippen molar-refractivity contribution in [3.63, 3.8) is 0 Å². The zero-order valence-corrected chi connectivity index (χ0v) is 15.0. The van der Waals surface area contributed by atoms with E-state index in [0.717, 1.165) is 38.9 Å². The number of amides is 1. The maximum atomic E-state index is 14.2. The lowest BCUT2D eigenvalue weighted by atomic mass is 10.0. The summed E-state index contributed by atoms with van der Waals surface area (Å²) < 4.78 is 14.2. The number of halogens is 1. The Morgan fingerprint density at radius 3 is 2.42 bits per heavy atom. The van der Waals surface area contributed by atoms with Crippen molar-refractivity contribution in [3.8, 4) is 0 Å². The zero-order chi connectivity index (χ0) is 18.4. The van der Waals surface area contributed by atoms with Gasteiger partial charge < -0.3 is 9.80 Å². The van der Waals surface area contributed by atoms with E-state index < -0.39 is 0 Å². The number of hydrogen-bond donors (Lipinski definition) is 0. The Labute approximate surface area is 154 Å². The number of anilines is 1. The highest BCUT2D eigenvalue weighted by atomic mass is 19.1. The number of piperidine rings is 1. The van der Waals surface area contributed by atoms with Gasteiger partial charge in [-0.25, -0.2) is 4.39 Å². The average Bonchev–Trinajstić information content (AvgIpc) is 2.69. The van der Waals surface area contributed by atoms with Crippen LogP contribution in [0.5, 0.6) is 0 Å². The van der Waals surface area contributed by atoms with Gasteiger partial charge in [-0.3, -0.25) is 4.79 Å². The molecule has 1 heterocycles. The Morgan fingerprint density at radius 1 is 1.12 bits per heavy atom. The van der Waals surface area contributed by atoms with E-state index in [-0.39, 0.29) is 17.8 Å². The van der Waals surface area contributed by atoms with Crippen LogP contribution in [0.3, 0.4) is 0 Å². The summed E-state index contributed by atoms with van der Waals surface area (Å²) >= 11 is 0. The summed E-state index contributed by atoms with van der Waals surface area (Å²) in [6.07, 6.45) is 3.97. The van der Waals surface area contributed by atoms with Gasteiger partial charge in [-0.15, -0.1) is 0 Å². The van der Waals surface area contributed by atoms with Crippen LogP contribution < -0.4 is 4.90 Å². The maximum Gasteiger partial charge on any atom is 0.250 e. The number of likely N-dealkylation sites (tertiary alicyclic amines) is 1. The van der Waals surface area contributed by atoms with Crippen LogP contribution in [0.1, 0.15) is 18.4 Å². The van der Waals surface area contributed by atoms with Crippen LogP contribution in [0.15, 0.2) is 67.3 Å². The lowest BCUT2D eigenvalue weighted by Crippen LogP contribution is -2.47. The third kappa shape index (κ3) is 4.38. The molecule has 0 saturated carbocycles. The number of benzene rings is 2. The van der Waals surface area contributed by atoms with Gasteiger partial charge in [0.15, 0.2) is 0 Å². The van der Waals surface area contributed by atoms with Gasteiger partial charge in [0.25, 0.3) is 5.91 Å². The van der Waals surface area contributed by atoms with Crippen molar-refractivity contribution in [1.82, 2.24) is 4.90 Å². The van der Waals surface area contributed by atoms with Crippen LogP contribution in [0.2, 0.25) is 0 Å². The molecule has 1 aliphatic heterocycles. The highest BCUT2D eigenvalue weighted by Gasteiger charge is 2.29. The maximum absolute atomic E-state index is 14.2. The number of rotatable bonds is 6. The Morgan fingerprint density at radius 2 is 1.77 bits per heavy atom. The minimum absolute atomic E-state index is 0.00498. The Hall–Kier alpha value is -2.46. The molecule has 0 atom stereocenters. The first-order valence-corrected chi connectivity index (χ1v) is 9.15. The Kier molecular flexibility index (Phi) is 6.18. The normalized spacial score (nSPS) is 15.6. The predicted molar refractivity (Wildman–Crippen MR) is 104 cm³/mol. The quantitative estimate of drug-likeness (QED) is 0.732. The fourth-order valence-corrected chi connectivity index (χ4v) is 3.57. The standard InChI is InChI=1S/C22H25FN2O/c1-2-22(26)25(21-11-7-6-10-20(21)23)19-13-16-24(17-14-19)15-12-18-8-4-3-5-9-18/h2-11,19H,1,12-17H2. The second-order valence-electron chi connectivity index (χ2n) is 6.67. The molecule has 2 aromatic rings. The highest BCUT2D eigenvalue weighted by molar-refractivity contribution is 6.01. The lowest BCUT2D eigenvalue weighted by molar-refractivity contribution is -0.114. The van der Waals surface area contributed by atoms with Gasteiger partial charge in [0, 0.05) is 25.7 Å². The van der Waals surface area contributed by atoms with E-state index in [1.165, 1.54) is 17.7 Å². The number of carbonyl (C=O) groups is 1. The van der Waals surface area contributed by atoms with Crippen molar-refractivity contribution in [1.29, 1.82) is 0 Å². The van der Waals surface area contributed by atoms with Crippen molar-refractivity contribution in [3.05, 3.63) is 78.6 Å². The first-order valence-electron chi connectivity index (χ1n) is 9.15. The third-order valence-corrected chi connectivity index (χ3v) is 5.01. The molecule has 4 heteroatoms. The van der Waals surface area contributed by atoms with E-state index in [1.54, 1.807) is 23.1 Å². The van der Waals surface area contributed by atoms with Crippen molar-refractivity contribution in [2.45, 2.75) is 25.3 Å². The zero-order valence-electron chi connectivity index (χ0n) is 15.0. The van der Waals surface area contributed by atoms with Crippen LogP contribution in [0.25, 0.3) is 0 Å². The number of carbonyl (C=O) groups excluding carboxylic acids is 1. The minimum Gasteiger partial charge on any atom is -0.303 e. The van der Waals surface area contributed by atoms with Crippen molar-refractivity contribution >= 4 is 11.6 Å². The summed E-state index contributed by atoms with van der Waals surface area (Å²) in [7, 11) is 0. The molecule has 136 valence electrons. The molecule has 2 aromatic carbocycles. The summed E-state index contributed by atoms with van der Waals surface area (Å²) in [6, 6.07) is 16.9. The van der Waals surface area contributed by atoms with Crippen molar-refractivity contribution < 1.29 is 9.18 Å². The summed E-state index contributed by atoms with van der Waals surface area (Å²) in [4.78, 5) is 16.4. The van der Waals surface area contributed by atoms with E-state index >= 15 is 0 Å². The van der Waals surface area contributed by atoms with E-state index in [2.05, 4.69) is 35.7 Å². The van der Waals surface area contributed by atoms with E-state index in [9.17, 15) is 9.18 Å². The van der Waals surface area contributed by atoms with Gasteiger partial charge in [0.2, 0.25) is 0 Å². The molecule has 1 amide bonds. The molecule has 0 N–H and O–H groups in total. The molecule has 1 aliphatic rings. The molecule has 0 radical (unpaired) electrons. The highest BCUT2D eigenvalue weighted by Crippen LogP contribution is 2.26. The Bertz CT molecular complexity index is 739. The number of hydrogen-bond acceptors (Lipinski definition) is 2. The van der Waals surface area contributed by atoms with Gasteiger partial charge in [0.1, 0.15) is 5.82 Å². The van der Waals surface area contributed by atoms with Gasteiger partial charge >= 0.3 is 0 Å². The third-order valence-electron chi connectivity index (χ3n) is 5.01. The molecular weight excluding hydrogens is 327 g/mol. The minimum atomic E-state index is -0.366. The molecular formula is C22H25FN2O. The molecule has 0 bridgehead atoms. The van der Waals surface area contributed by atoms with Crippen LogP contribution in [-0.2, 0) is 11.2 Å². The summed E-state index contributed by atoms with van der Waals surface area (Å²) in [6.45, 7) is 6.41. The predicted octanol–water partition coefficient (Wildman–Crippen LogP) is 4.05. The molecule has 0 aromatic heterocycles. The van der Waals surface area contributed by atoms with Gasteiger partial charge in [-0.2, -0.15) is 0 Å². The molecule has 3 rings (SSSR count). The number of nitrogens with zero attached hydrogens (tertiary/aromatic N) is 2. The lowest BCUT2D eigenvalue weighted by Gasteiger charge is -2.38. The summed E-state index contributed by atoms with van der Waals surface area (Å²) in [5.74, 6) is -0.605. The van der Waals surface area contributed by atoms with E-state index in [4.69, 9.17) is 0 Å². The van der Waals surface area contributed by atoms with Crippen LogP contribution in [0.4, 0.5) is 10.1 Å². The second-order valence-corrected chi connectivity index (χ2v) is 6.67. The van der Waals surface area contributed by atoms with Gasteiger partial charge in [0.05, 0.1) is 5.69 Å². The van der Waals surface area contributed by atoms with Crippen LogP contribution in [0, 0.1) is 5.82 Å².